The lowest BCUT2D eigenvalue weighted by atomic mass is 10.1. The van der Waals surface area contributed by atoms with Gasteiger partial charge in [0.2, 0.25) is 0 Å². The number of ether oxygens (including phenoxy) is 1. The smallest absolute Gasteiger partial charge is 0.407 e. The number of benzene rings is 1. The number of amides is 1. The molecule has 2 atom stereocenters. The van der Waals surface area contributed by atoms with Crippen molar-refractivity contribution >= 4 is 21.9 Å². The van der Waals surface area contributed by atoms with Crippen molar-refractivity contribution in [1.82, 2.24) is 5.32 Å². The number of hydrogen-bond donors (Lipinski definition) is 2. The molecule has 0 radical (unpaired) electrons. The van der Waals surface area contributed by atoms with Gasteiger partial charge in [0.25, 0.3) is 0 Å². The van der Waals surface area contributed by atoms with Gasteiger partial charge in [-0.3, -0.25) is 4.79 Å². The molecule has 1 saturated heterocycles. The Labute approximate surface area is 128 Å². The first kappa shape index (κ1) is 16.3. The van der Waals surface area contributed by atoms with Gasteiger partial charge in [-0.2, -0.15) is 0 Å². The minimum atomic E-state index is -3.64. The fourth-order valence-electron chi connectivity index (χ4n) is 2.29. The standard InChI is InChI=1S/C14H17NO6S/c16-13(17)12-8-11(6-7-22(12,19)20)15-14(18)21-9-10-4-2-1-3-5-10/h1-5,11-12H,6-9H2,(H,15,18)(H,16,17). The topological polar surface area (TPSA) is 110 Å². The van der Waals surface area contributed by atoms with Gasteiger partial charge in [0.15, 0.2) is 15.1 Å². The Bertz CT molecular complexity index is 643. The van der Waals surface area contributed by atoms with Gasteiger partial charge in [-0.15, -0.1) is 0 Å². The summed E-state index contributed by atoms with van der Waals surface area (Å²) in [5.41, 5.74) is 0.826. The molecule has 0 aromatic heterocycles. The molecule has 1 aromatic carbocycles. The molecule has 120 valence electrons. The van der Waals surface area contributed by atoms with E-state index >= 15 is 0 Å². The van der Waals surface area contributed by atoms with Crippen LogP contribution >= 0.6 is 0 Å². The molecular weight excluding hydrogens is 310 g/mol. The Hall–Kier alpha value is -2.09. The first-order chi connectivity index (χ1) is 10.4. The van der Waals surface area contributed by atoms with Gasteiger partial charge in [0.05, 0.1) is 5.75 Å². The van der Waals surface area contributed by atoms with Gasteiger partial charge in [0, 0.05) is 6.04 Å². The highest BCUT2D eigenvalue weighted by Crippen LogP contribution is 2.20. The van der Waals surface area contributed by atoms with Crippen LogP contribution in [0.4, 0.5) is 4.79 Å². The Morgan fingerprint density at radius 1 is 1.27 bits per heavy atom. The zero-order chi connectivity index (χ0) is 16.2. The lowest BCUT2D eigenvalue weighted by molar-refractivity contribution is -0.136. The molecule has 0 aliphatic carbocycles. The molecule has 1 aliphatic rings. The van der Waals surface area contributed by atoms with Crippen molar-refractivity contribution in [2.24, 2.45) is 0 Å². The van der Waals surface area contributed by atoms with Gasteiger partial charge in [0.1, 0.15) is 6.61 Å². The normalized spacial score (nSPS) is 23.5. The van der Waals surface area contributed by atoms with Gasteiger partial charge in [-0.25, -0.2) is 13.2 Å². The molecule has 1 aromatic rings. The van der Waals surface area contributed by atoms with E-state index < -0.39 is 33.2 Å². The van der Waals surface area contributed by atoms with Crippen LogP contribution in [0.2, 0.25) is 0 Å². The summed E-state index contributed by atoms with van der Waals surface area (Å²) in [6.45, 7) is 0.0973. The highest BCUT2D eigenvalue weighted by molar-refractivity contribution is 7.92. The second-order valence-corrected chi connectivity index (χ2v) is 7.42. The van der Waals surface area contributed by atoms with Gasteiger partial charge in [-0.05, 0) is 18.4 Å². The van der Waals surface area contributed by atoms with E-state index in [2.05, 4.69) is 5.32 Å². The molecule has 1 aliphatic heterocycles. The third-order valence-corrected chi connectivity index (χ3v) is 5.56. The average Bonchev–Trinajstić information content (AvgIpc) is 2.48. The van der Waals surface area contributed by atoms with E-state index in [9.17, 15) is 18.0 Å². The van der Waals surface area contributed by atoms with E-state index in [0.29, 0.717) is 0 Å². The molecule has 0 saturated carbocycles. The van der Waals surface area contributed by atoms with E-state index in [1.807, 2.05) is 18.2 Å². The van der Waals surface area contributed by atoms with Crippen LogP contribution < -0.4 is 5.32 Å². The number of carboxylic acids is 1. The zero-order valence-corrected chi connectivity index (χ0v) is 12.6. The van der Waals surface area contributed by atoms with Crippen LogP contribution in [0.3, 0.4) is 0 Å². The molecule has 2 rings (SSSR count). The van der Waals surface area contributed by atoms with Gasteiger partial charge < -0.3 is 15.2 Å². The lowest BCUT2D eigenvalue weighted by Gasteiger charge is -2.27. The molecule has 2 unspecified atom stereocenters. The summed E-state index contributed by atoms with van der Waals surface area (Å²) < 4.78 is 28.3. The molecule has 0 spiro atoms. The van der Waals surface area contributed by atoms with E-state index in [1.54, 1.807) is 12.1 Å². The molecule has 1 fully saturated rings. The number of carboxylic acid groups (broad SMARTS) is 1. The monoisotopic (exact) mass is 327 g/mol. The molecule has 7 nitrogen and oxygen atoms in total. The third-order valence-electron chi connectivity index (χ3n) is 3.49. The van der Waals surface area contributed by atoms with Crippen LogP contribution in [-0.2, 0) is 26.0 Å². The largest absolute Gasteiger partial charge is 0.480 e. The summed E-state index contributed by atoms with van der Waals surface area (Å²) in [4.78, 5) is 22.7. The number of carbonyl (C=O) groups is 2. The van der Waals surface area contributed by atoms with Crippen molar-refractivity contribution in [2.45, 2.75) is 30.7 Å². The van der Waals surface area contributed by atoms with Gasteiger partial charge >= 0.3 is 12.1 Å². The maximum atomic E-state index is 11.7. The SMILES string of the molecule is O=C(NC1CCS(=O)(=O)C(C(=O)O)C1)OCc1ccccc1. The van der Waals surface area contributed by atoms with E-state index in [1.165, 1.54) is 0 Å². The Morgan fingerprint density at radius 2 is 1.95 bits per heavy atom. The van der Waals surface area contributed by atoms with Crippen molar-refractivity contribution in [3.63, 3.8) is 0 Å². The summed E-state index contributed by atoms with van der Waals surface area (Å²) in [5, 5.41) is 10.0. The summed E-state index contributed by atoms with van der Waals surface area (Å²) in [5.74, 6) is -1.64. The molecule has 1 heterocycles. The second kappa shape index (κ2) is 6.78. The third kappa shape index (κ3) is 4.20. The average molecular weight is 327 g/mol. The van der Waals surface area contributed by atoms with Crippen molar-refractivity contribution in [2.75, 3.05) is 5.75 Å². The summed E-state index contributed by atoms with van der Waals surface area (Å²) >= 11 is 0. The van der Waals surface area contributed by atoms with Crippen LogP contribution in [0.1, 0.15) is 18.4 Å². The van der Waals surface area contributed by atoms with Crippen LogP contribution in [0.15, 0.2) is 30.3 Å². The number of carbonyl (C=O) groups excluding carboxylic acids is 1. The quantitative estimate of drug-likeness (QED) is 0.852. The number of rotatable bonds is 4. The summed E-state index contributed by atoms with van der Waals surface area (Å²) in [7, 11) is -3.64. The summed E-state index contributed by atoms with van der Waals surface area (Å²) in [6, 6.07) is 8.58. The fraction of sp³-hybridized carbons (Fsp3) is 0.429. The second-order valence-electron chi connectivity index (χ2n) is 5.12. The number of alkyl carbamates (subject to hydrolysis) is 1. The van der Waals surface area contributed by atoms with E-state index in [4.69, 9.17) is 9.84 Å². The minimum absolute atomic E-state index is 0.0973. The van der Waals surface area contributed by atoms with Crippen molar-refractivity contribution < 1.29 is 27.9 Å². The Morgan fingerprint density at radius 3 is 2.59 bits per heavy atom. The molecule has 22 heavy (non-hydrogen) atoms. The Kier molecular flexibility index (Phi) is 5.02. The first-order valence-corrected chi connectivity index (χ1v) is 8.51. The van der Waals surface area contributed by atoms with Gasteiger partial charge in [-0.1, -0.05) is 30.3 Å². The maximum Gasteiger partial charge on any atom is 0.407 e. The number of sulfone groups is 1. The molecule has 2 N–H and O–H groups in total. The van der Waals surface area contributed by atoms with Crippen LogP contribution in [0, 0.1) is 0 Å². The number of hydrogen-bond acceptors (Lipinski definition) is 5. The molecule has 0 bridgehead atoms. The Balaban J connectivity index is 1.86. The molecule has 1 amide bonds. The fourth-order valence-corrected chi connectivity index (χ4v) is 4.02. The van der Waals surface area contributed by atoms with Crippen molar-refractivity contribution in [3.05, 3.63) is 35.9 Å². The van der Waals surface area contributed by atoms with Crippen molar-refractivity contribution in [1.29, 1.82) is 0 Å². The van der Waals surface area contributed by atoms with Crippen LogP contribution in [-0.4, -0.2) is 42.6 Å². The summed E-state index contributed by atoms with van der Waals surface area (Å²) in [6.07, 6.45) is -0.637. The highest BCUT2D eigenvalue weighted by atomic mass is 32.2. The maximum absolute atomic E-state index is 11.7. The number of nitrogens with one attached hydrogen (secondary N) is 1. The van der Waals surface area contributed by atoms with Crippen LogP contribution in [0.5, 0.6) is 0 Å². The predicted octanol–water partition coefficient (Wildman–Crippen LogP) is 0.943. The number of aliphatic carboxylic acids is 1. The van der Waals surface area contributed by atoms with E-state index in [0.717, 1.165) is 5.56 Å². The highest BCUT2D eigenvalue weighted by Gasteiger charge is 2.39. The molecule has 8 heteroatoms. The minimum Gasteiger partial charge on any atom is -0.480 e. The lowest BCUT2D eigenvalue weighted by Crippen LogP contribution is -2.47. The predicted molar refractivity (Wildman–Crippen MR) is 78.0 cm³/mol. The zero-order valence-electron chi connectivity index (χ0n) is 11.8. The van der Waals surface area contributed by atoms with Crippen LogP contribution in [0.25, 0.3) is 0 Å². The molecular formula is C14H17NO6S. The van der Waals surface area contributed by atoms with E-state index in [-0.39, 0.29) is 25.2 Å². The van der Waals surface area contributed by atoms with Crippen molar-refractivity contribution in [3.8, 4) is 0 Å². The first-order valence-electron chi connectivity index (χ1n) is 6.80.